The van der Waals surface area contributed by atoms with Crippen LogP contribution in [0.15, 0.2) is 0 Å². The number of hydrogen-bond acceptors (Lipinski definition) is 2. The topological polar surface area (TPSA) is 35.8 Å². The van der Waals surface area contributed by atoms with E-state index in [1.54, 1.807) is 0 Å². The van der Waals surface area contributed by atoms with Gasteiger partial charge in [-0.15, -0.1) is 0 Å². The minimum absolute atomic E-state index is 0.0851. The molecule has 3 aliphatic carbocycles. The molecule has 0 amide bonds. The molecule has 0 aromatic rings. The molecule has 0 saturated heterocycles. The maximum absolute atomic E-state index is 9.36. The van der Waals surface area contributed by atoms with Crippen LogP contribution in [0.25, 0.3) is 0 Å². The van der Waals surface area contributed by atoms with Crippen LogP contribution in [0.2, 0.25) is 0 Å². The van der Waals surface area contributed by atoms with E-state index in [-0.39, 0.29) is 5.41 Å². The third-order valence-electron chi connectivity index (χ3n) is 4.51. The molecule has 0 bridgehead atoms. The lowest BCUT2D eigenvalue weighted by Gasteiger charge is -2.35. The summed E-state index contributed by atoms with van der Waals surface area (Å²) in [4.78, 5) is 0. The Labute approximate surface area is 92.0 Å². The van der Waals surface area contributed by atoms with Gasteiger partial charge in [-0.3, -0.25) is 0 Å². The van der Waals surface area contributed by atoms with E-state index in [4.69, 9.17) is 0 Å². The number of nitrogens with one attached hydrogen (secondary N) is 1. The minimum atomic E-state index is 0.0851. The highest BCUT2D eigenvalue weighted by Crippen LogP contribution is 2.53. The molecule has 0 unspecified atom stereocenters. The normalized spacial score (nSPS) is 41.1. The highest BCUT2D eigenvalue weighted by atomic mass is 15.0. The summed E-state index contributed by atoms with van der Waals surface area (Å²) in [6.07, 6.45) is 10.2. The lowest BCUT2D eigenvalue weighted by molar-refractivity contribution is 0.196. The van der Waals surface area contributed by atoms with Crippen LogP contribution in [0.4, 0.5) is 0 Å². The molecule has 0 spiro atoms. The Hall–Kier alpha value is -0.550. The summed E-state index contributed by atoms with van der Waals surface area (Å²) in [5.74, 6) is 0.754. The lowest BCUT2D eigenvalue weighted by atomic mass is 9.70. The predicted octanol–water partition coefficient (Wildman–Crippen LogP) is 2.60. The SMILES string of the molecule is N#C[C@]1(C2CC2)CC[C@H](NC2CC2)CC1. The summed E-state index contributed by atoms with van der Waals surface area (Å²) < 4.78 is 0. The summed E-state index contributed by atoms with van der Waals surface area (Å²) in [7, 11) is 0. The van der Waals surface area contributed by atoms with Gasteiger partial charge in [0.05, 0.1) is 11.5 Å². The Morgan fingerprint density at radius 1 is 0.933 bits per heavy atom. The molecular weight excluding hydrogens is 184 g/mol. The van der Waals surface area contributed by atoms with Crippen molar-refractivity contribution >= 4 is 0 Å². The van der Waals surface area contributed by atoms with E-state index < -0.39 is 0 Å². The van der Waals surface area contributed by atoms with E-state index in [9.17, 15) is 5.26 Å². The van der Waals surface area contributed by atoms with E-state index in [0.29, 0.717) is 0 Å². The fourth-order valence-electron chi connectivity index (χ4n) is 3.13. The van der Waals surface area contributed by atoms with Crippen LogP contribution in [0.1, 0.15) is 51.4 Å². The molecule has 3 saturated carbocycles. The summed E-state index contributed by atoms with van der Waals surface area (Å²) >= 11 is 0. The molecule has 0 heterocycles. The Morgan fingerprint density at radius 3 is 2.00 bits per heavy atom. The fraction of sp³-hybridized carbons (Fsp3) is 0.923. The highest BCUT2D eigenvalue weighted by Gasteiger charge is 2.47. The van der Waals surface area contributed by atoms with Crippen LogP contribution in [0.5, 0.6) is 0 Å². The molecule has 0 aliphatic heterocycles. The minimum Gasteiger partial charge on any atom is -0.311 e. The first kappa shape index (κ1) is 9.66. The molecule has 15 heavy (non-hydrogen) atoms. The van der Waals surface area contributed by atoms with Crippen molar-refractivity contribution in [2.45, 2.75) is 63.5 Å². The van der Waals surface area contributed by atoms with Gasteiger partial charge in [0.15, 0.2) is 0 Å². The Kier molecular flexibility index (Phi) is 2.25. The Bertz CT molecular complexity index is 275. The van der Waals surface area contributed by atoms with Crippen molar-refractivity contribution in [2.24, 2.45) is 11.3 Å². The molecule has 2 nitrogen and oxygen atoms in total. The predicted molar refractivity (Wildman–Crippen MR) is 59.2 cm³/mol. The monoisotopic (exact) mass is 204 g/mol. The average Bonchev–Trinajstić information content (AvgIpc) is 3.13. The van der Waals surface area contributed by atoms with E-state index >= 15 is 0 Å². The summed E-state index contributed by atoms with van der Waals surface area (Å²) in [5.41, 5.74) is 0.0851. The zero-order valence-electron chi connectivity index (χ0n) is 9.34. The first-order valence-electron chi connectivity index (χ1n) is 6.50. The van der Waals surface area contributed by atoms with Gasteiger partial charge in [-0.2, -0.15) is 5.26 Å². The van der Waals surface area contributed by atoms with Crippen molar-refractivity contribution in [3.63, 3.8) is 0 Å². The molecule has 1 N–H and O–H groups in total. The molecule has 82 valence electrons. The largest absolute Gasteiger partial charge is 0.311 e. The van der Waals surface area contributed by atoms with Gasteiger partial charge >= 0.3 is 0 Å². The first-order chi connectivity index (χ1) is 7.32. The molecule has 0 radical (unpaired) electrons. The lowest BCUT2D eigenvalue weighted by Crippen LogP contribution is -2.39. The number of rotatable bonds is 3. The van der Waals surface area contributed by atoms with Crippen LogP contribution < -0.4 is 5.32 Å². The number of nitrogens with zero attached hydrogens (tertiary/aromatic N) is 1. The second-order valence-corrected chi connectivity index (χ2v) is 5.76. The smallest absolute Gasteiger partial charge is 0.0692 e. The Balaban J connectivity index is 1.56. The van der Waals surface area contributed by atoms with Crippen LogP contribution in [0, 0.1) is 22.7 Å². The van der Waals surface area contributed by atoms with Gasteiger partial charge in [0.1, 0.15) is 0 Å². The molecule has 3 aliphatic rings. The molecule has 0 aromatic heterocycles. The van der Waals surface area contributed by atoms with E-state index in [1.165, 1.54) is 38.5 Å². The van der Waals surface area contributed by atoms with Crippen molar-refractivity contribution in [1.29, 1.82) is 5.26 Å². The van der Waals surface area contributed by atoms with Crippen LogP contribution in [0.3, 0.4) is 0 Å². The zero-order chi connectivity index (χ0) is 10.3. The summed E-state index contributed by atoms with van der Waals surface area (Å²) in [5, 5.41) is 13.1. The van der Waals surface area contributed by atoms with E-state index in [1.807, 2.05) is 0 Å². The van der Waals surface area contributed by atoms with Crippen molar-refractivity contribution in [1.82, 2.24) is 5.32 Å². The summed E-state index contributed by atoms with van der Waals surface area (Å²) in [6.45, 7) is 0. The van der Waals surface area contributed by atoms with Crippen molar-refractivity contribution < 1.29 is 0 Å². The quantitative estimate of drug-likeness (QED) is 0.767. The van der Waals surface area contributed by atoms with Gasteiger partial charge in [-0.25, -0.2) is 0 Å². The van der Waals surface area contributed by atoms with Gasteiger partial charge in [0, 0.05) is 12.1 Å². The van der Waals surface area contributed by atoms with Crippen molar-refractivity contribution in [2.75, 3.05) is 0 Å². The van der Waals surface area contributed by atoms with Gasteiger partial charge in [-0.1, -0.05) is 0 Å². The van der Waals surface area contributed by atoms with Crippen LogP contribution in [-0.2, 0) is 0 Å². The first-order valence-corrected chi connectivity index (χ1v) is 6.50. The van der Waals surface area contributed by atoms with E-state index in [0.717, 1.165) is 30.8 Å². The fourth-order valence-corrected chi connectivity index (χ4v) is 3.13. The van der Waals surface area contributed by atoms with Crippen LogP contribution >= 0.6 is 0 Å². The van der Waals surface area contributed by atoms with E-state index in [2.05, 4.69) is 11.4 Å². The van der Waals surface area contributed by atoms with Crippen molar-refractivity contribution in [3.05, 3.63) is 0 Å². The maximum Gasteiger partial charge on any atom is 0.0692 e. The third-order valence-corrected chi connectivity index (χ3v) is 4.51. The second kappa shape index (κ2) is 3.49. The number of hydrogen-bond donors (Lipinski definition) is 1. The molecule has 3 rings (SSSR count). The van der Waals surface area contributed by atoms with Gasteiger partial charge in [-0.05, 0) is 57.3 Å². The molecule has 0 atom stereocenters. The molecule has 2 heteroatoms. The van der Waals surface area contributed by atoms with Crippen molar-refractivity contribution in [3.8, 4) is 6.07 Å². The molecular formula is C13H20N2. The molecule has 3 fully saturated rings. The van der Waals surface area contributed by atoms with Crippen LogP contribution in [-0.4, -0.2) is 12.1 Å². The standard InChI is InChI=1S/C13H20N2/c14-9-13(10-1-2-10)7-5-12(6-8-13)15-11-3-4-11/h10-12,15H,1-8H2/t12-,13-. The highest BCUT2D eigenvalue weighted by molar-refractivity contribution is 5.10. The maximum atomic E-state index is 9.36. The summed E-state index contributed by atoms with van der Waals surface area (Å²) in [6, 6.07) is 4.19. The average molecular weight is 204 g/mol. The third kappa shape index (κ3) is 1.90. The van der Waals surface area contributed by atoms with Gasteiger partial charge < -0.3 is 5.32 Å². The second-order valence-electron chi connectivity index (χ2n) is 5.76. The Morgan fingerprint density at radius 2 is 1.53 bits per heavy atom. The van der Waals surface area contributed by atoms with Gasteiger partial charge in [0.2, 0.25) is 0 Å². The van der Waals surface area contributed by atoms with Gasteiger partial charge in [0.25, 0.3) is 0 Å². The number of nitriles is 1. The molecule has 0 aromatic carbocycles. The zero-order valence-corrected chi connectivity index (χ0v) is 9.34.